The van der Waals surface area contributed by atoms with Gasteiger partial charge in [0.1, 0.15) is 0 Å². The molecule has 1 aliphatic carbocycles. The summed E-state index contributed by atoms with van der Waals surface area (Å²) in [7, 11) is 3.24. The van der Waals surface area contributed by atoms with E-state index >= 15 is 0 Å². The minimum atomic E-state index is 0.0632. The van der Waals surface area contributed by atoms with Crippen molar-refractivity contribution in [1.82, 2.24) is 0 Å². The van der Waals surface area contributed by atoms with Crippen molar-refractivity contribution in [3.05, 3.63) is 12.1 Å². The van der Waals surface area contributed by atoms with E-state index in [4.69, 9.17) is 15.2 Å². The summed E-state index contributed by atoms with van der Waals surface area (Å²) in [5.74, 6) is 2.08. The molecule has 0 saturated heterocycles. The summed E-state index contributed by atoms with van der Waals surface area (Å²) in [6, 6.07) is 3.70. The standard InChI is InChI=1S/C14H22N2O2/c1-14(2,9-5-6-9)16-11-8-13(18-4)12(17-3)7-10(11)15/h7-9,16H,5-6,15H2,1-4H3. The molecule has 0 amide bonds. The van der Waals surface area contributed by atoms with Gasteiger partial charge in [-0.2, -0.15) is 0 Å². The Balaban J connectivity index is 2.27. The Hall–Kier alpha value is -1.58. The summed E-state index contributed by atoms with van der Waals surface area (Å²) >= 11 is 0. The van der Waals surface area contributed by atoms with Crippen molar-refractivity contribution >= 4 is 11.4 Å². The molecule has 0 spiro atoms. The molecular weight excluding hydrogens is 228 g/mol. The van der Waals surface area contributed by atoms with E-state index in [2.05, 4.69) is 19.2 Å². The Morgan fingerprint density at radius 2 is 1.72 bits per heavy atom. The molecule has 1 aromatic rings. The van der Waals surface area contributed by atoms with Crippen molar-refractivity contribution in [2.45, 2.75) is 32.2 Å². The normalized spacial score (nSPS) is 15.3. The van der Waals surface area contributed by atoms with Crippen LogP contribution in [0.15, 0.2) is 12.1 Å². The first-order valence-electron chi connectivity index (χ1n) is 6.27. The highest BCUT2D eigenvalue weighted by molar-refractivity contribution is 5.72. The van der Waals surface area contributed by atoms with Crippen LogP contribution in [0.3, 0.4) is 0 Å². The van der Waals surface area contributed by atoms with E-state index in [0.29, 0.717) is 17.2 Å². The van der Waals surface area contributed by atoms with E-state index in [1.807, 2.05) is 6.07 Å². The first kappa shape index (κ1) is 12.9. The second kappa shape index (κ2) is 4.59. The molecule has 2 rings (SSSR count). The lowest BCUT2D eigenvalue weighted by Gasteiger charge is -2.28. The van der Waals surface area contributed by atoms with E-state index in [1.165, 1.54) is 12.8 Å². The van der Waals surface area contributed by atoms with Crippen LogP contribution in [0, 0.1) is 5.92 Å². The average Bonchev–Trinajstić information content (AvgIpc) is 3.15. The molecule has 3 N–H and O–H groups in total. The molecule has 4 nitrogen and oxygen atoms in total. The molecule has 100 valence electrons. The summed E-state index contributed by atoms with van der Waals surface area (Å²) < 4.78 is 10.5. The molecule has 1 aromatic carbocycles. The smallest absolute Gasteiger partial charge is 0.162 e. The van der Waals surface area contributed by atoms with Gasteiger partial charge in [-0.1, -0.05) is 0 Å². The topological polar surface area (TPSA) is 56.5 Å². The van der Waals surface area contributed by atoms with Crippen LogP contribution in [0.2, 0.25) is 0 Å². The molecule has 0 bridgehead atoms. The van der Waals surface area contributed by atoms with Crippen LogP contribution in [0.4, 0.5) is 11.4 Å². The van der Waals surface area contributed by atoms with Crippen molar-refractivity contribution in [1.29, 1.82) is 0 Å². The van der Waals surface area contributed by atoms with Gasteiger partial charge in [-0.15, -0.1) is 0 Å². The molecule has 0 heterocycles. The highest BCUT2D eigenvalue weighted by Crippen LogP contribution is 2.43. The zero-order valence-electron chi connectivity index (χ0n) is 11.5. The fraction of sp³-hybridized carbons (Fsp3) is 0.571. The lowest BCUT2D eigenvalue weighted by Crippen LogP contribution is -2.33. The van der Waals surface area contributed by atoms with Crippen molar-refractivity contribution in [3.8, 4) is 11.5 Å². The molecule has 18 heavy (non-hydrogen) atoms. The highest BCUT2D eigenvalue weighted by Gasteiger charge is 2.38. The fourth-order valence-electron chi connectivity index (χ4n) is 2.26. The first-order valence-corrected chi connectivity index (χ1v) is 6.27. The number of nitrogens with one attached hydrogen (secondary N) is 1. The van der Waals surface area contributed by atoms with Crippen LogP contribution < -0.4 is 20.5 Å². The van der Waals surface area contributed by atoms with Crippen LogP contribution in [0.5, 0.6) is 11.5 Å². The zero-order chi connectivity index (χ0) is 13.3. The maximum absolute atomic E-state index is 6.05. The quantitative estimate of drug-likeness (QED) is 0.789. The molecule has 0 unspecified atom stereocenters. The zero-order valence-corrected chi connectivity index (χ0v) is 11.5. The summed E-state index contributed by atoms with van der Waals surface area (Å²) in [4.78, 5) is 0. The second-order valence-electron chi connectivity index (χ2n) is 5.42. The Bertz CT molecular complexity index is 440. The Morgan fingerprint density at radius 3 is 2.22 bits per heavy atom. The minimum Gasteiger partial charge on any atom is -0.493 e. The van der Waals surface area contributed by atoms with Gasteiger partial charge in [0.2, 0.25) is 0 Å². The largest absolute Gasteiger partial charge is 0.493 e. The van der Waals surface area contributed by atoms with Gasteiger partial charge in [-0.25, -0.2) is 0 Å². The number of rotatable bonds is 5. The van der Waals surface area contributed by atoms with Crippen molar-refractivity contribution in [2.75, 3.05) is 25.3 Å². The number of benzene rings is 1. The summed E-state index contributed by atoms with van der Waals surface area (Å²) in [6.45, 7) is 4.42. The van der Waals surface area contributed by atoms with Crippen LogP contribution in [-0.2, 0) is 0 Å². The Morgan fingerprint density at radius 1 is 1.17 bits per heavy atom. The predicted molar refractivity (Wildman–Crippen MR) is 74.4 cm³/mol. The van der Waals surface area contributed by atoms with Gasteiger partial charge in [-0.3, -0.25) is 0 Å². The second-order valence-corrected chi connectivity index (χ2v) is 5.42. The maximum atomic E-state index is 6.05. The molecule has 0 radical (unpaired) electrons. The summed E-state index contributed by atoms with van der Waals surface area (Å²) in [6.07, 6.45) is 2.57. The summed E-state index contributed by atoms with van der Waals surface area (Å²) in [5, 5.41) is 3.51. The van der Waals surface area contributed by atoms with Crippen molar-refractivity contribution in [2.24, 2.45) is 5.92 Å². The van der Waals surface area contributed by atoms with E-state index in [0.717, 1.165) is 11.6 Å². The number of nitrogen functional groups attached to an aromatic ring is 1. The number of methoxy groups -OCH3 is 2. The molecule has 1 aliphatic rings. The van der Waals surface area contributed by atoms with Gasteiger partial charge < -0.3 is 20.5 Å². The molecule has 0 aromatic heterocycles. The number of nitrogens with two attached hydrogens (primary N) is 1. The molecule has 1 saturated carbocycles. The predicted octanol–water partition coefficient (Wildman–Crippen LogP) is 2.89. The van der Waals surface area contributed by atoms with Crippen molar-refractivity contribution in [3.63, 3.8) is 0 Å². The molecular formula is C14H22N2O2. The van der Waals surface area contributed by atoms with Crippen molar-refractivity contribution < 1.29 is 9.47 Å². The van der Waals surface area contributed by atoms with Crippen LogP contribution in [0.1, 0.15) is 26.7 Å². The van der Waals surface area contributed by atoms with E-state index in [9.17, 15) is 0 Å². The molecule has 0 aliphatic heterocycles. The van der Waals surface area contributed by atoms with E-state index < -0.39 is 0 Å². The average molecular weight is 250 g/mol. The third kappa shape index (κ3) is 2.47. The summed E-state index contributed by atoms with van der Waals surface area (Å²) in [5.41, 5.74) is 7.70. The van der Waals surface area contributed by atoms with Gasteiger partial charge in [0, 0.05) is 17.7 Å². The fourth-order valence-corrected chi connectivity index (χ4v) is 2.26. The van der Waals surface area contributed by atoms with Gasteiger partial charge in [-0.05, 0) is 32.6 Å². The third-order valence-electron chi connectivity index (χ3n) is 3.61. The number of hydrogen-bond acceptors (Lipinski definition) is 4. The van der Waals surface area contributed by atoms with E-state index in [1.54, 1.807) is 20.3 Å². The van der Waals surface area contributed by atoms with Gasteiger partial charge in [0.05, 0.1) is 25.6 Å². The maximum Gasteiger partial charge on any atom is 0.162 e. The highest BCUT2D eigenvalue weighted by atomic mass is 16.5. The Labute approximate surface area is 108 Å². The van der Waals surface area contributed by atoms with Gasteiger partial charge in [0.25, 0.3) is 0 Å². The van der Waals surface area contributed by atoms with E-state index in [-0.39, 0.29) is 5.54 Å². The van der Waals surface area contributed by atoms with Crippen LogP contribution in [0.25, 0.3) is 0 Å². The third-order valence-corrected chi connectivity index (χ3v) is 3.61. The monoisotopic (exact) mass is 250 g/mol. The number of anilines is 2. The number of ether oxygens (including phenoxy) is 2. The lowest BCUT2D eigenvalue weighted by molar-refractivity contribution is 0.355. The minimum absolute atomic E-state index is 0.0632. The SMILES string of the molecule is COc1cc(N)c(NC(C)(C)C2CC2)cc1OC. The van der Waals surface area contributed by atoms with Crippen LogP contribution >= 0.6 is 0 Å². The molecule has 0 atom stereocenters. The lowest BCUT2D eigenvalue weighted by atomic mass is 9.98. The van der Waals surface area contributed by atoms with Crippen LogP contribution in [-0.4, -0.2) is 19.8 Å². The molecule has 4 heteroatoms. The Kier molecular flexibility index (Phi) is 3.28. The number of hydrogen-bond donors (Lipinski definition) is 2. The molecule has 1 fully saturated rings. The van der Waals surface area contributed by atoms with Gasteiger partial charge in [0.15, 0.2) is 11.5 Å². The van der Waals surface area contributed by atoms with Gasteiger partial charge >= 0.3 is 0 Å². The first-order chi connectivity index (χ1) is 8.47.